The topological polar surface area (TPSA) is 52.0 Å². The molecule has 2 aromatic carbocycles. The maximum Gasteiger partial charge on any atom is 0.0432 e. The zero-order valence-corrected chi connectivity index (χ0v) is 7.68. The van der Waals surface area contributed by atoms with E-state index in [1.54, 1.807) is 6.07 Å². The number of hydrogen-bond donors (Lipinski definition) is 2. The van der Waals surface area contributed by atoms with Gasteiger partial charge in [-0.15, -0.1) is 0 Å². The molecule has 0 amide bonds. The molecule has 0 bridgehead atoms. The second-order valence-corrected chi connectivity index (χ2v) is 3.38. The number of nitrogens with two attached hydrogens (primary N) is 2. The van der Waals surface area contributed by atoms with Crippen LogP contribution < -0.4 is 11.5 Å². The van der Waals surface area contributed by atoms with Gasteiger partial charge in [-0.1, -0.05) is 23.7 Å². The van der Waals surface area contributed by atoms with Gasteiger partial charge >= 0.3 is 0 Å². The van der Waals surface area contributed by atoms with Gasteiger partial charge in [0.15, 0.2) is 0 Å². The van der Waals surface area contributed by atoms with Crippen molar-refractivity contribution in [3.8, 4) is 0 Å². The first-order valence-corrected chi connectivity index (χ1v) is 4.29. The Kier molecular flexibility index (Phi) is 1.78. The minimum Gasteiger partial charge on any atom is -0.398 e. The van der Waals surface area contributed by atoms with Gasteiger partial charge in [-0.2, -0.15) is 0 Å². The molecular formula is C10H9ClN2. The highest BCUT2D eigenvalue weighted by atomic mass is 35.5. The van der Waals surface area contributed by atoms with Crippen LogP contribution in [0, 0.1) is 0 Å². The van der Waals surface area contributed by atoms with Crippen molar-refractivity contribution in [2.24, 2.45) is 0 Å². The number of hydrogen-bond acceptors (Lipinski definition) is 2. The molecule has 0 heterocycles. The van der Waals surface area contributed by atoms with Crippen molar-refractivity contribution in [1.82, 2.24) is 0 Å². The van der Waals surface area contributed by atoms with E-state index >= 15 is 0 Å². The molecule has 0 aliphatic carbocycles. The van der Waals surface area contributed by atoms with Crippen molar-refractivity contribution >= 4 is 33.7 Å². The average Bonchev–Trinajstić information content (AvgIpc) is 2.02. The predicted octanol–water partition coefficient (Wildman–Crippen LogP) is 2.66. The van der Waals surface area contributed by atoms with E-state index in [0.29, 0.717) is 16.4 Å². The molecule has 0 fully saturated rings. The molecule has 13 heavy (non-hydrogen) atoms. The fourth-order valence-corrected chi connectivity index (χ4v) is 1.69. The van der Waals surface area contributed by atoms with Gasteiger partial charge in [0.05, 0.1) is 0 Å². The van der Waals surface area contributed by atoms with E-state index in [-0.39, 0.29) is 0 Å². The number of fused-ring (bicyclic) bond motifs is 1. The molecule has 0 radical (unpaired) electrons. The van der Waals surface area contributed by atoms with Gasteiger partial charge in [0.1, 0.15) is 0 Å². The molecule has 0 saturated heterocycles. The molecule has 0 spiro atoms. The third-order valence-corrected chi connectivity index (χ3v) is 2.22. The summed E-state index contributed by atoms with van der Waals surface area (Å²) >= 11 is 5.86. The van der Waals surface area contributed by atoms with Crippen LogP contribution in [0.3, 0.4) is 0 Å². The van der Waals surface area contributed by atoms with Crippen LogP contribution in [-0.2, 0) is 0 Å². The number of rotatable bonds is 0. The summed E-state index contributed by atoms with van der Waals surface area (Å²) in [6.07, 6.45) is 0. The molecule has 0 aliphatic heterocycles. The summed E-state index contributed by atoms with van der Waals surface area (Å²) in [4.78, 5) is 0. The van der Waals surface area contributed by atoms with Gasteiger partial charge in [-0.05, 0) is 23.6 Å². The smallest absolute Gasteiger partial charge is 0.0432 e. The Balaban J connectivity index is 2.94. The van der Waals surface area contributed by atoms with E-state index in [2.05, 4.69) is 0 Å². The van der Waals surface area contributed by atoms with Gasteiger partial charge in [0, 0.05) is 21.8 Å². The van der Waals surface area contributed by atoms with Crippen LogP contribution >= 0.6 is 11.6 Å². The lowest BCUT2D eigenvalue weighted by molar-refractivity contribution is 1.71. The summed E-state index contributed by atoms with van der Waals surface area (Å²) < 4.78 is 0. The molecule has 0 atom stereocenters. The van der Waals surface area contributed by atoms with Crippen molar-refractivity contribution in [1.29, 1.82) is 0 Å². The van der Waals surface area contributed by atoms with Gasteiger partial charge in [-0.3, -0.25) is 0 Å². The maximum atomic E-state index is 5.86. The molecule has 0 unspecified atom stereocenters. The zero-order chi connectivity index (χ0) is 9.42. The van der Waals surface area contributed by atoms with Gasteiger partial charge in [0.2, 0.25) is 0 Å². The highest BCUT2D eigenvalue weighted by Crippen LogP contribution is 2.29. The summed E-state index contributed by atoms with van der Waals surface area (Å²) in [7, 11) is 0. The lowest BCUT2D eigenvalue weighted by atomic mass is 10.1. The van der Waals surface area contributed by atoms with E-state index in [1.165, 1.54) is 0 Å². The second-order valence-electron chi connectivity index (χ2n) is 2.94. The molecule has 0 aliphatic rings. The van der Waals surface area contributed by atoms with Gasteiger partial charge < -0.3 is 11.5 Å². The maximum absolute atomic E-state index is 5.86. The normalized spacial score (nSPS) is 10.5. The summed E-state index contributed by atoms with van der Waals surface area (Å²) in [6, 6.07) is 9.21. The predicted molar refractivity (Wildman–Crippen MR) is 57.8 cm³/mol. The fourth-order valence-electron chi connectivity index (χ4n) is 1.45. The summed E-state index contributed by atoms with van der Waals surface area (Å²) in [5, 5.41) is 2.49. The van der Waals surface area contributed by atoms with Crippen LogP contribution in [0.25, 0.3) is 10.8 Å². The van der Waals surface area contributed by atoms with Crippen molar-refractivity contribution in [2.45, 2.75) is 0 Å². The largest absolute Gasteiger partial charge is 0.398 e. The minimum atomic E-state index is 0.626. The van der Waals surface area contributed by atoms with E-state index in [1.807, 2.05) is 24.3 Å². The van der Waals surface area contributed by atoms with Crippen LogP contribution in [0.2, 0.25) is 5.02 Å². The SMILES string of the molecule is Nc1cccc2cc(Cl)cc(N)c12. The molecule has 2 aromatic rings. The van der Waals surface area contributed by atoms with Crippen molar-refractivity contribution < 1.29 is 0 Å². The Hall–Kier alpha value is -1.41. The Labute approximate surface area is 81.1 Å². The highest BCUT2D eigenvalue weighted by Gasteiger charge is 2.02. The molecule has 66 valence electrons. The van der Waals surface area contributed by atoms with E-state index < -0.39 is 0 Å². The minimum absolute atomic E-state index is 0.626. The number of nitrogen functional groups attached to an aromatic ring is 2. The zero-order valence-electron chi connectivity index (χ0n) is 6.92. The Morgan fingerprint density at radius 1 is 1.00 bits per heavy atom. The van der Waals surface area contributed by atoms with Crippen LogP contribution in [0.5, 0.6) is 0 Å². The number of halogens is 1. The first kappa shape index (κ1) is 8.20. The number of anilines is 2. The lowest BCUT2D eigenvalue weighted by Gasteiger charge is -2.05. The van der Waals surface area contributed by atoms with Crippen molar-refractivity contribution in [3.63, 3.8) is 0 Å². The first-order valence-electron chi connectivity index (χ1n) is 3.92. The average molecular weight is 193 g/mol. The number of benzene rings is 2. The first-order chi connectivity index (χ1) is 6.18. The third kappa shape index (κ3) is 1.29. The monoisotopic (exact) mass is 192 g/mol. The van der Waals surface area contributed by atoms with E-state index in [9.17, 15) is 0 Å². The molecular weight excluding hydrogens is 184 g/mol. The lowest BCUT2D eigenvalue weighted by Crippen LogP contribution is -1.92. The molecule has 3 heteroatoms. The summed E-state index contributed by atoms with van der Waals surface area (Å²) in [5.74, 6) is 0. The fraction of sp³-hybridized carbons (Fsp3) is 0. The van der Waals surface area contributed by atoms with Crippen LogP contribution in [0.15, 0.2) is 30.3 Å². The van der Waals surface area contributed by atoms with Crippen molar-refractivity contribution in [2.75, 3.05) is 11.5 Å². The van der Waals surface area contributed by atoms with Crippen molar-refractivity contribution in [3.05, 3.63) is 35.4 Å². The van der Waals surface area contributed by atoms with Gasteiger partial charge in [-0.25, -0.2) is 0 Å². The highest BCUT2D eigenvalue weighted by molar-refractivity contribution is 6.32. The second kappa shape index (κ2) is 2.82. The molecule has 4 N–H and O–H groups in total. The molecule has 0 aromatic heterocycles. The van der Waals surface area contributed by atoms with Gasteiger partial charge in [0.25, 0.3) is 0 Å². The Morgan fingerprint density at radius 3 is 2.54 bits per heavy atom. The molecule has 2 rings (SSSR count). The Morgan fingerprint density at radius 2 is 1.77 bits per heavy atom. The summed E-state index contributed by atoms with van der Waals surface area (Å²) in [6.45, 7) is 0. The van der Waals surface area contributed by atoms with Crippen LogP contribution in [0.4, 0.5) is 11.4 Å². The Bertz CT molecular complexity index is 466. The van der Waals surface area contributed by atoms with Crippen LogP contribution in [0.1, 0.15) is 0 Å². The third-order valence-electron chi connectivity index (χ3n) is 2.00. The van der Waals surface area contributed by atoms with Crippen LogP contribution in [-0.4, -0.2) is 0 Å². The molecule has 0 saturated carbocycles. The molecule has 2 nitrogen and oxygen atoms in total. The van der Waals surface area contributed by atoms with E-state index in [4.69, 9.17) is 23.1 Å². The quantitative estimate of drug-likeness (QED) is 0.631. The van der Waals surface area contributed by atoms with E-state index in [0.717, 1.165) is 10.8 Å². The summed E-state index contributed by atoms with van der Waals surface area (Å²) in [5.41, 5.74) is 12.9. The standard InChI is InChI=1S/C10H9ClN2/c11-7-4-6-2-1-3-8(12)10(6)9(13)5-7/h1-5H,12-13H2.